The molecule has 1 heterocycles. The molecule has 0 aromatic rings. The second-order valence-electron chi connectivity index (χ2n) is 7.30. The molecule has 3 unspecified atom stereocenters. The van der Waals surface area contributed by atoms with Crippen LogP contribution in [0.5, 0.6) is 0 Å². The van der Waals surface area contributed by atoms with Crippen LogP contribution in [0.25, 0.3) is 0 Å². The van der Waals surface area contributed by atoms with Crippen LogP contribution in [0.4, 0.5) is 0 Å². The second-order valence-corrected chi connectivity index (χ2v) is 7.30. The summed E-state index contributed by atoms with van der Waals surface area (Å²) < 4.78 is 0. The topological polar surface area (TPSA) is 49.5 Å². The third kappa shape index (κ3) is 3.50. The first-order chi connectivity index (χ1) is 9.01. The Morgan fingerprint density at radius 1 is 1.37 bits per heavy atom. The first kappa shape index (κ1) is 15.3. The molecule has 0 aromatic carbocycles. The lowest BCUT2D eigenvalue weighted by Crippen LogP contribution is -2.55. The Bertz CT molecular complexity index is 296. The van der Waals surface area contributed by atoms with Crippen molar-refractivity contribution >= 4 is 0 Å². The molecule has 19 heavy (non-hydrogen) atoms. The lowest BCUT2D eigenvalue weighted by atomic mass is 9.71. The van der Waals surface area contributed by atoms with Gasteiger partial charge in [-0.1, -0.05) is 33.1 Å². The van der Waals surface area contributed by atoms with E-state index >= 15 is 0 Å². The Kier molecular flexibility index (Phi) is 4.91. The third-order valence-corrected chi connectivity index (χ3v) is 5.46. The summed E-state index contributed by atoms with van der Waals surface area (Å²) in [5.41, 5.74) is 5.89. The summed E-state index contributed by atoms with van der Waals surface area (Å²) in [6, 6.07) is 0. The van der Waals surface area contributed by atoms with Crippen LogP contribution in [-0.4, -0.2) is 41.8 Å². The molecule has 112 valence electrons. The number of hydrogen-bond donors (Lipinski definition) is 2. The van der Waals surface area contributed by atoms with Crippen molar-refractivity contribution in [3.63, 3.8) is 0 Å². The largest absolute Gasteiger partial charge is 0.390 e. The van der Waals surface area contributed by atoms with Crippen molar-refractivity contribution in [3.8, 4) is 0 Å². The van der Waals surface area contributed by atoms with Gasteiger partial charge in [0.05, 0.1) is 5.60 Å². The molecule has 0 radical (unpaired) electrons. The Labute approximate surface area is 118 Å². The fourth-order valence-electron chi connectivity index (χ4n) is 4.17. The molecule has 2 fully saturated rings. The number of nitrogens with two attached hydrogens (primary N) is 1. The van der Waals surface area contributed by atoms with Gasteiger partial charge < -0.3 is 15.7 Å². The third-order valence-electron chi connectivity index (χ3n) is 5.46. The van der Waals surface area contributed by atoms with Gasteiger partial charge in [0, 0.05) is 25.6 Å². The minimum absolute atomic E-state index is 0.249. The number of nitrogens with zero attached hydrogens (tertiary/aromatic N) is 1. The van der Waals surface area contributed by atoms with Gasteiger partial charge in [-0.3, -0.25) is 0 Å². The zero-order chi connectivity index (χ0) is 13.9. The van der Waals surface area contributed by atoms with Gasteiger partial charge in [0.25, 0.3) is 0 Å². The number of hydrogen-bond acceptors (Lipinski definition) is 3. The molecule has 3 nitrogen and oxygen atoms in total. The van der Waals surface area contributed by atoms with E-state index in [1.54, 1.807) is 0 Å². The number of aliphatic hydroxyl groups is 1. The van der Waals surface area contributed by atoms with E-state index in [1.165, 1.54) is 32.1 Å². The lowest BCUT2D eigenvalue weighted by Gasteiger charge is -2.49. The van der Waals surface area contributed by atoms with E-state index in [0.29, 0.717) is 5.92 Å². The van der Waals surface area contributed by atoms with Gasteiger partial charge in [0.1, 0.15) is 0 Å². The lowest BCUT2D eigenvalue weighted by molar-refractivity contribution is -0.100. The van der Waals surface area contributed by atoms with Crippen LogP contribution in [0.2, 0.25) is 0 Å². The van der Waals surface area contributed by atoms with E-state index in [2.05, 4.69) is 18.7 Å². The average Bonchev–Trinajstić information content (AvgIpc) is 2.39. The molecule has 3 heteroatoms. The molecule has 1 aliphatic heterocycles. The summed E-state index contributed by atoms with van der Waals surface area (Å²) in [6.45, 7) is 8.56. The van der Waals surface area contributed by atoms with E-state index in [1.807, 2.05) is 0 Å². The average molecular weight is 268 g/mol. The molecule has 1 aliphatic carbocycles. The maximum atomic E-state index is 10.7. The van der Waals surface area contributed by atoms with E-state index in [-0.39, 0.29) is 11.0 Å². The van der Waals surface area contributed by atoms with Crippen LogP contribution in [0.1, 0.15) is 58.8 Å². The molecule has 1 saturated heterocycles. The van der Waals surface area contributed by atoms with Crippen LogP contribution >= 0.6 is 0 Å². The molecule has 0 spiro atoms. The van der Waals surface area contributed by atoms with E-state index in [9.17, 15) is 5.11 Å². The molecule has 0 bridgehead atoms. The van der Waals surface area contributed by atoms with Crippen molar-refractivity contribution in [3.05, 3.63) is 0 Å². The highest BCUT2D eigenvalue weighted by Gasteiger charge is 2.43. The molecule has 2 rings (SSSR count). The van der Waals surface area contributed by atoms with Gasteiger partial charge >= 0.3 is 0 Å². The molecule has 0 amide bonds. The molecule has 2 aliphatic rings. The maximum absolute atomic E-state index is 10.7. The van der Waals surface area contributed by atoms with Crippen molar-refractivity contribution < 1.29 is 5.11 Å². The maximum Gasteiger partial charge on any atom is 0.0700 e. The summed E-state index contributed by atoms with van der Waals surface area (Å²) in [5.74, 6) is 0.499. The van der Waals surface area contributed by atoms with Crippen molar-refractivity contribution in [2.75, 3.05) is 26.2 Å². The van der Waals surface area contributed by atoms with Gasteiger partial charge in [0.2, 0.25) is 0 Å². The Morgan fingerprint density at radius 3 is 2.84 bits per heavy atom. The first-order valence-electron chi connectivity index (χ1n) is 8.16. The summed E-state index contributed by atoms with van der Waals surface area (Å²) >= 11 is 0. The number of rotatable bonds is 5. The van der Waals surface area contributed by atoms with Crippen molar-refractivity contribution in [2.24, 2.45) is 17.1 Å². The van der Waals surface area contributed by atoms with Gasteiger partial charge in [-0.05, 0) is 37.6 Å². The second kappa shape index (κ2) is 6.11. The molecular formula is C16H32N2O. The predicted octanol–water partition coefficient (Wildman–Crippen LogP) is 2.38. The first-order valence-corrected chi connectivity index (χ1v) is 8.16. The quantitative estimate of drug-likeness (QED) is 0.805. The van der Waals surface area contributed by atoms with Crippen LogP contribution in [0.3, 0.4) is 0 Å². The summed E-state index contributed by atoms with van der Waals surface area (Å²) in [6.07, 6.45) is 8.11. The van der Waals surface area contributed by atoms with Crippen LogP contribution < -0.4 is 5.73 Å². The smallest absolute Gasteiger partial charge is 0.0700 e. The predicted molar refractivity (Wildman–Crippen MR) is 80.0 cm³/mol. The highest BCUT2D eigenvalue weighted by atomic mass is 16.3. The fraction of sp³-hybridized carbons (Fsp3) is 1.00. The number of likely N-dealkylation sites (tertiary alicyclic amines) is 1. The molecular weight excluding hydrogens is 236 g/mol. The van der Waals surface area contributed by atoms with E-state index in [4.69, 9.17) is 5.73 Å². The highest BCUT2D eigenvalue weighted by molar-refractivity contribution is 4.96. The zero-order valence-corrected chi connectivity index (χ0v) is 12.8. The molecule has 3 N–H and O–H groups in total. The molecule has 3 atom stereocenters. The van der Waals surface area contributed by atoms with E-state index in [0.717, 1.165) is 39.0 Å². The number of fused-ring (bicyclic) bond motifs is 1. The standard InChI is InChI=1S/C16H32N2O/c1-3-7-15(2,12-17)13-18-10-9-16(19)8-5-4-6-14(16)11-18/h14,19H,3-13,17H2,1-2H3. The normalized spacial score (nSPS) is 35.7. The van der Waals surface area contributed by atoms with Crippen molar-refractivity contribution in [2.45, 2.75) is 64.4 Å². The molecule has 0 aromatic heterocycles. The summed E-state index contributed by atoms with van der Waals surface area (Å²) in [5, 5.41) is 10.7. The van der Waals surface area contributed by atoms with Gasteiger partial charge in [-0.25, -0.2) is 0 Å². The Balaban J connectivity index is 1.93. The van der Waals surface area contributed by atoms with Crippen molar-refractivity contribution in [1.29, 1.82) is 0 Å². The Morgan fingerprint density at radius 2 is 2.16 bits per heavy atom. The highest BCUT2D eigenvalue weighted by Crippen LogP contribution is 2.40. The monoisotopic (exact) mass is 268 g/mol. The zero-order valence-electron chi connectivity index (χ0n) is 12.8. The summed E-state index contributed by atoms with van der Waals surface area (Å²) in [4.78, 5) is 2.56. The number of piperidine rings is 1. The fourth-order valence-corrected chi connectivity index (χ4v) is 4.17. The van der Waals surface area contributed by atoms with Gasteiger partial charge in [-0.15, -0.1) is 0 Å². The van der Waals surface area contributed by atoms with Crippen molar-refractivity contribution in [1.82, 2.24) is 4.90 Å². The molecule has 1 saturated carbocycles. The minimum Gasteiger partial charge on any atom is -0.390 e. The van der Waals surface area contributed by atoms with Crippen LogP contribution in [0.15, 0.2) is 0 Å². The van der Waals surface area contributed by atoms with Gasteiger partial charge in [0.15, 0.2) is 0 Å². The SMILES string of the molecule is CCCC(C)(CN)CN1CCC2(O)CCCCC2C1. The summed E-state index contributed by atoms with van der Waals surface area (Å²) in [7, 11) is 0. The van der Waals surface area contributed by atoms with Crippen LogP contribution in [-0.2, 0) is 0 Å². The van der Waals surface area contributed by atoms with Crippen LogP contribution in [0, 0.1) is 11.3 Å². The Hall–Kier alpha value is -0.120. The van der Waals surface area contributed by atoms with E-state index < -0.39 is 0 Å². The minimum atomic E-state index is -0.349. The van der Waals surface area contributed by atoms with Gasteiger partial charge in [-0.2, -0.15) is 0 Å².